The normalized spacial score (nSPS) is 16.9. The Hall–Kier alpha value is -1.80. The maximum atomic E-state index is 10.6. The Morgan fingerprint density at radius 3 is 2.39 bits per heavy atom. The molecule has 0 aliphatic heterocycles. The summed E-state index contributed by atoms with van der Waals surface area (Å²) in [6, 6.07) is 18.3. The number of hydrogen-bond acceptors (Lipinski definition) is 2. The lowest BCUT2D eigenvalue weighted by atomic mass is 9.83. The quantitative estimate of drug-likeness (QED) is 0.834. The molecule has 1 aliphatic carbocycles. The third-order valence-electron chi connectivity index (χ3n) is 4.83. The smallest absolute Gasteiger partial charge is 0.123 e. The first-order valence-electron chi connectivity index (χ1n) is 8.75. The molecule has 2 nitrogen and oxygen atoms in total. The molecule has 1 aliphatic rings. The zero-order chi connectivity index (χ0) is 15.9. The summed E-state index contributed by atoms with van der Waals surface area (Å²) >= 11 is 0. The molecule has 1 unspecified atom stereocenters. The van der Waals surface area contributed by atoms with Crippen molar-refractivity contribution in [1.29, 1.82) is 0 Å². The second kappa shape index (κ2) is 8.16. The monoisotopic (exact) mass is 310 g/mol. The van der Waals surface area contributed by atoms with Gasteiger partial charge in [0.2, 0.25) is 0 Å². The van der Waals surface area contributed by atoms with Crippen molar-refractivity contribution in [3.8, 4) is 5.75 Å². The molecular formula is C21H26O2. The highest BCUT2D eigenvalue weighted by Crippen LogP contribution is 2.30. The van der Waals surface area contributed by atoms with Gasteiger partial charge in [-0.15, -0.1) is 0 Å². The first-order chi connectivity index (χ1) is 11.3. The second-order valence-corrected chi connectivity index (χ2v) is 6.55. The van der Waals surface area contributed by atoms with Crippen molar-refractivity contribution in [2.45, 2.75) is 51.2 Å². The lowest BCUT2D eigenvalue weighted by molar-refractivity contribution is 0.0843. The largest absolute Gasteiger partial charge is 0.489 e. The molecule has 0 aromatic heterocycles. The molecule has 2 heteroatoms. The van der Waals surface area contributed by atoms with Gasteiger partial charge in [-0.25, -0.2) is 0 Å². The highest BCUT2D eigenvalue weighted by Gasteiger charge is 2.22. The van der Waals surface area contributed by atoms with Crippen molar-refractivity contribution >= 4 is 0 Å². The molecule has 0 heterocycles. The van der Waals surface area contributed by atoms with Crippen LogP contribution in [0.3, 0.4) is 0 Å². The summed E-state index contributed by atoms with van der Waals surface area (Å²) < 4.78 is 6.00. The van der Waals surface area contributed by atoms with Crippen molar-refractivity contribution in [2.75, 3.05) is 0 Å². The molecule has 3 rings (SSSR count). The maximum Gasteiger partial charge on any atom is 0.123 e. The van der Waals surface area contributed by atoms with Crippen LogP contribution >= 0.6 is 0 Å². The predicted molar refractivity (Wildman–Crippen MR) is 93.5 cm³/mol. The number of ether oxygens (including phenoxy) is 1. The van der Waals surface area contributed by atoms with E-state index in [4.69, 9.17) is 4.74 Å². The molecule has 0 saturated heterocycles. The van der Waals surface area contributed by atoms with Crippen LogP contribution in [-0.4, -0.2) is 11.2 Å². The minimum Gasteiger partial charge on any atom is -0.489 e. The van der Waals surface area contributed by atoms with Crippen molar-refractivity contribution in [3.05, 3.63) is 65.7 Å². The Morgan fingerprint density at radius 1 is 0.913 bits per heavy atom. The van der Waals surface area contributed by atoms with Crippen LogP contribution in [0.25, 0.3) is 0 Å². The summed E-state index contributed by atoms with van der Waals surface area (Å²) in [5, 5.41) is 10.6. The second-order valence-electron chi connectivity index (χ2n) is 6.55. The van der Waals surface area contributed by atoms with E-state index in [1.807, 2.05) is 36.4 Å². The molecule has 1 atom stereocenters. The predicted octanol–water partition coefficient (Wildman–Crippen LogP) is 4.75. The molecule has 0 bridgehead atoms. The third kappa shape index (κ3) is 4.59. The van der Waals surface area contributed by atoms with Gasteiger partial charge in [-0.1, -0.05) is 67.8 Å². The fourth-order valence-corrected chi connectivity index (χ4v) is 3.46. The summed E-state index contributed by atoms with van der Waals surface area (Å²) in [7, 11) is 0. The van der Waals surface area contributed by atoms with Gasteiger partial charge in [0.1, 0.15) is 12.4 Å². The van der Waals surface area contributed by atoms with Gasteiger partial charge in [-0.2, -0.15) is 0 Å². The van der Waals surface area contributed by atoms with E-state index in [0.29, 0.717) is 18.9 Å². The van der Waals surface area contributed by atoms with Crippen LogP contribution in [0.1, 0.15) is 43.2 Å². The molecule has 0 radical (unpaired) electrons. The van der Waals surface area contributed by atoms with E-state index in [1.54, 1.807) is 0 Å². The van der Waals surface area contributed by atoms with E-state index in [2.05, 4.69) is 18.2 Å². The number of aliphatic hydroxyl groups is 1. The van der Waals surface area contributed by atoms with Gasteiger partial charge in [0.15, 0.2) is 0 Å². The van der Waals surface area contributed by atoms with Crippen LogP contribution in [0.4, 0.5) is 0 Å². The first kappa shape index (κ1) is 16.1. The Labute approximate surface area is 139 Å². The zero-order valence-electron chi connectivity index (χ0n) is 13.7. The highest BCUT2D eigenvalue weighted by molar-refractivity contribution is 5.34. The molecule has 1 N–H and O–H groups in total. The van der Waals surface area contributed by atoms with E-state index in [9.17, 15) is 5.11 Å². The topological polar surface area (TPSA) is 29.5 Å². The number of para-hydroxylation sites is 1. The molecular weight excluding hydrogens is 284 g/mol. The number of hydrogen-bond donors (Lipinski definition) is 1. The van der Waals surface area contributed by atoms with Crippen LogP contribution in [0.5, 0.6) is 5.75 Å². The fraction of sp³-hybridized carbons (Fsp3) is 0.429. The average molecular weight is 310 g/mol. The Kier molecular flexibility index (Phi) is 5.71. The van der Waals surface area contributed by atoms with Gasteiger partial charge in [0.25, 0.3) is 0 Å². The average Bonchev–Trinajstić information content (AvgIpc) is 2.62. The minimum atomic E-state index is -0.253. The van der Waals surface area contributed by atoms with Gasteiger partial charge in [0, 0.05) is 6.42 Å². The van der Waals surface area contributed by atoms with Crippen LogP contribution in [0.15, 0.2) is 54.6 Å². The zero-order valence-corrected chi connectivity index (χ0v) is 13.7. The van der Waals surface area contributed by atoms with Crippen molar-refractivity contribution in [1.82, 2.24) is 0 Å². The maximum absolute atomic E-state index is 10.6. The Balaban J connectivity index is 1.63. The lowest BCUT2D eigenvalue weighted by Crippen LogP contribution is -2.25. The van der Waals surface area contributed by atoms with Crippen LogP contribution in [-0.2, 0) is 13.0 Å². The van der Waals surface area contributed by atoms with Gasteiger partial charge < -0.3 is 9.84 Å². The summed E-state index contributed by atoms with van der Waals surface area (Å²) in [5.41, 5.74) is 2.27. The summed E-state index contributed by atoms with van der Waals surface area (Å²) in [6.45, 7) is 0.567. The molecule has 0 amide bonds. The van der Waals surface area contributed by atoms with Crippen LogP contribution in [0, 0.1) is 5.92 Å². The van der Waals surface area contributed by atoms with Gasteiger partial charge >= 0.3 is 0 Å². The molecule has 122 valence electrons. The molecule has 1 saturated carbocycles. The van der Waals surface area contributed by atoms with Crippen LogP contribution in [0.2, 0.25) is 0 Å². The van der Waals surface area contributed by atoms with Crippen molar-refractivity contribution in [3.63, 3.8) is 0 Å². The number of aliphatic hydroxyl groups excluding tert-OH is 1. The highest BCUT2D eigenvalue weighted by atomic mass is 16.5. The lowest BCUT2D eigenvalue weighted by Gasteiger charge is -2.27. The molecule has 23 heavy (non-hydrogen) atoms. The van der Waals surface area contributed by atoms with Gasteiger partial charge in [-0.3, -0.25) is 0 Å². The standard InChI is InChI=1S/C21H26O2/c22-20(18-11-5-2-6-12-18)15-19-13-7-8-14-21(19)23-16-17-9-3-1-4-10-17/h1,3-4,7-10,13-14,18,20,22H,2,5-6,11-12,15-16H2. The Bertz CT molecular complexity index is 588. The van der Waals surface area contributed by atoms with E-state index >= 15 is 0 Å². The summed E-state index contributed by atoms with van der Waals surface area (Å²) in [6.07, 6.45) is 6.59. The number of rotatable bonds is 6. The van der Waals surface area contributed by atoms with E-state index in [1.165, 1.54) is 19.3 Å². The fourth-order valence-electron chi connectivity index (χ4n) is 3.46. The SMILES string of the molecule is OC(Cc1ccccc1OCc1ccccc1)C1CCCCC1. The number of benzene rings is 2. The third-order valence-corrected chi connectivity index (χ3v) is 4.83. The van der Waals surface area contributed by atoms with Gasteiger partial charge in [0.05, 0.1) is 6.10 Å². The van der Waals surface area contributed by atoms with Crippen molar-refractivity contribution < 1.29 is 9.84 Å². The van der Waals surface area contributed by atoms with Crippen molar-refractivity contribution in [2.24, 2.45) is 5.92 Å². The molecule has 2 aromatic rings. The summed E-state index contributed by atoms with van der Waals surface area (Å²) in [5.74, 6) is 1.34. The first-order valence-corrected chi connectivity index (χ1v) is 8.75. The van der Waals surface area contributed by atoms with E-state index in [0.717, 1.165) is 29.7 Å². The Morgan fingerprint density at radius 2 is 1.61 bits per heavy atom. The van der Waals surface area contributed by atoms with Crippen LogP contribution < -0.4 is 4.74 Å². The molecule has 0 spiro atoms. The van der Waals surface area contributed by atoms with Gasteiger partial charge in [-0.05, 0) is 36.0 Å². The van der Waals surface area contributed by atoms with E-state index in [-0.39, 0.29) is 6.10 Å². The summed E-state index contributed by atoms with van der Waals surface area (Å²) in [4.78, 5) is 0. The minimum absolute atomic E-state index is 0.253. The molecule has 1 fully saturated rings. The van der Waals surface area contributed by atoms with E-state index < -0.39 is 0 Å². The molecule has 2 aromatic carbocycles.